The van der Waals surface area contributed by atoms with Gasteiger partial charge in [-0.3, -0.25) is 9.59 Å². The molecule has 0 bridgehead atoms. The van der Waals surface area contributed by atoms with Crippen molar-refractivity contribution in [3.8, 4) is 22.8 Å². The van der Waals surface area contributed by atoms with Crippen molar-refractivity contribution in [2.75, 3.05) is 5.32 Å². The number of benzene rings is 2. The van der Waals surface area contributed by atoms with Gasteiger partial charge in [-0.25, -0.2) is 9.37 Å². The summed E-state index contributed by atoms with van der Waals surface area (Å²) >= 11 is 0. The third-order valence-corrected chi connectivity index (χ3v) is 5.71. The number of halogens is 1. The molecule has 0 aliphatic rings. The van der Waals surface area contributed by atoms with Crippen molar-refractivity contribution in [2.45, 2.75) is 27.3 Å². The SMILES string of the molecule is Cc1cccc(-c2noc(-c3cn(CC(=O)Nc4ccc(C)cc4F)c4nc(C)ccc4c3=O)n2)c1. The van der Waals surface area contributed by atoms with Gasteiger partial charge >= 0.3 is 0 Å². The Hall–Kier alpha value is -4.66. The van der Waals surface area contributed by atoms with Crippen LogP contribution in [0.5, 0.6) is 0 Å². The third-order valence-electron chi connectivity index (χ3n) is 5.71. The van der Waals surface area contributed by atoms with E-state index >= 15 is 0 Å². The van der Waals surface area contributed by atoms with E-state index in [2.05, 4.69) is 20.4 Å². The van der Waals surface area contributed by atoms with E-state index in [0.29, 0.717) is 22.6 Å². The molecule has 180 valence electrons. The second-order valence-corrected chi connectivity index (χ2v) is 8.65. The number of hydrogen-bond acceptors (Lipinski definition) is 6. The number of aryl methyl sites for hydroxylation is 3. The molecule has 3 aromatic heterocycles. The summed E-state index contributed by atoms with van der Waals surface area (Å²) in [5.74, 6) is -0.646. The van der Waals surface area contributed by atoms with Gasteiger partial charge in [0.25, 0.3) is 5.89 Å². The van der Waals surface area contributed by atoms with Crippen LogP contribution in [0.3, 0.4) is 0 Å². The molecule has 5 rings (SSSR count). The van der Waals surface area contributed by atoms with Gasteiger partial charge in [0.1, 0.15) is 23.6 Å². The molecular formula is C27H22FN5O3. The first-order valence-corrected chi connectivity index (χ1v) is 11.3. The lowest BCUT2D eigenvalue weighted by Crippen LogP contribution is -2.22. The lowest BCUT2D eigenvalue weighted by atomic mass is 10.1. The highest BCUT2D eigenvalue weighted by atomic mass is 19.1. The second kappa shape index (κ2) is 9.18. The molecule has 0 fully saturated rings. The van der Waals surface area contributed by atoms with Crippen LogP contribution in [0.15, 0.2) is 70.1 Å². The summed E-state index contributed by atoms with van der Waals surface area (Å²) in [6, 6.07) is 15.5. The summed E-state index contributed by atoms with van der Waals surface area (Å²) in [5, 5.41) is 6.90. The largest absolute Gasteiger partial charge is 0.333 e. The smallest absolute Gasteiger partial charge is 0.263 e. The van der Waals surface area contributed by atoms with E-state index in [1.54, 1.807) is 32.0 Å². The van der Waals surface area contributed by atoms with Crippen molar-refractivity contribution in [1.82, 2.24) is 19.7 Å². The minimum Gasteiger partial charge on any atom is -0.333 e. The number of rotatable bonds is 5. The lowest BCUT2D eigenvalue weighted by Gasteiger charge is -2.13. The normalized spacial score (nSPS) is 11.1. The molecule has 1 N–H and O–H groups in total. The van der Waals surface area contributed by atoms with E-state index in [4.69, 9.17) is 4.52 Å². The number of aromatic nitrogens is 4. The van der Waals surface area contributed by atoms with Crippen molar-refractivity contribution in [1.29, 1.82) is 0 Å². The van der Waals surface area contributed by atoms with Gasteiger partial charge in [-0.1, -0.05) is 35.0 Å². The van der Waals surface area contributed by atoms with Gasteiger partial charge in [0, 0.05) is 17.5 Å². The highest BCUT2D eigenvalue weighted by Crippen LogP contribution is 2.23. The number of nitrogens with zero attached hydrogens (tertiary/aromatic N) is 4. The van der Waals surface area contributed by atoms with Crippen LogP contribution in [0.2, 0.25) is 0 Å². The fourth-order valence-corrected chi connectivity index (χ4v) is 3.93. The van der Waals surface area contributed by atoms with Crippen molar-refractivity contribution >= 4 is 22.6 Å². The van der Waals surface area contributed by atoms with Crippen molar-refractivity contribution < 1.29 is 13.7 Å². The van der Waals surface area contributed by atoms with Crippen LogP contribution in [-0.4, -0.2) is 25.6 Å². The predicted octanol–water partition coefficient (Wildman–Crippen LogP) is 4.82. The molecular weight excluding hydrogens is 461 g/mol. The highest BCUT2D eigenvalue weighted by molar-refractivity contribution is 5.92. The van der Waals surface area contributed by atoms with Crippen molar-refractivity contribution in [3.05, 3.63) is 93.7 Å². The summed E-state index contributed by atoms with van der Waals surface area (Å²) < 4.78 is 21.2. The summed E-state index contributed by atoms with van der Waals surface area (Å²) in [5.41, 5.74) is 3.37. The molecule has 0 aliphatic heterocycles. The molecule has 8 nitrogen and oxygen atoms in total. The Morgan fingerprint density at radius 3 is 2.61 bits per heavy atom. The zero-order valence-electron chi connectivity index (χ0n) is 19.9. The maximum Gasteiger partial charge on any atom is 0.263 e. The molecule has 0 aliphatic carbocycles. The Kier molecular flexibility index (Phi) is 5.89. The van der Waals surface area contributed by atoms with Gasteiger partial charge in [0.15, 0.2) is 0 Å². The van der Waals surface area contributed by atoms with Crippen LogP contribution in [-0.2, 0) is 11.3 Å². The van der Waals surface area contributed by atoms with Crippen LogP contribution in [0.4, 0.5) is 10.1 Å². The number of carbonyl (C=O) groups is 1. The quantitative estimate of drug-likeness (QED) is 0.385. The average Bonchev–Trinajstić information content (AvgIpc) is 3.33. The Labute approximate surface area is 205 Å². The summed E-state index contributed by atoms with van der Waals surface area (Å²) in [6.45, 7) is 5.29. The maximum absolute atomic E-state index is 14.3. The summed E-state index contributed by atoms with van der Waals surface area (Å²) in [4.78, 5) is 35.0. The number of nitrogens with one attached hydrogen (secondary N) is 1. The number of amides is 1. The van der Waals surface area contributed by atoms with Gasteiger partial charge in [-0.15, -0.1) is 0 Å². The average molecular weight is 484 g/mol. The Bertz CT molecular complexity index is 1690. The number of pyridine rings is 2. The van der Waals surface area contributed by atoms with Crippen LogP contribution in [0, 0.1) is 26.6 Å². The molecule has 0 radical (unpaired) electrons. The zero-order valence-corrected chi connectivity index (χ0v) is 19.9. The fourth-order valence-electron chi connectivity index (χ4n) is 3.93. The van der Waals surface area contributed by atoms with Crippen molar-refractivity contribution in [3.63, 3.8) is 0 Å². The summed E-state index contributed by atoms with van der Waals surface area (Å²) in [6.07, 6.45) is 1.47. The molecule has 1 amide bonds. The first-order chi connectivity index (χ1) is 17.3. The molecule has 5 aromatic rings. The first kappa shape index (κ1) is 23.1. The number of hydrogen-bond donors (Lipinski definition) is 1. The van der Waals surface area contributed by atoms with Crippen LogP contribution >= 0.6 is 0 Å². The van der Waals surface area contributed by atoms with Gasteiger partial charge < -0.3 is 14.4 Å². The topological polar surface area (TPSA) is 103 Å². The van der Waals surface area contributed by atoms with Gasteiger partial charge in [0.05, 0.1) is 11.1 Å². The molecule has 0 unspecified atom stereocenters. The standard InChI is InChI=1S/C27H22FN5O3/c1-15-5-4-6-18(11-15)25-31-27(36-32-25)20-13-33(26-19(24(20)35)9-8-17(3)29-26)14-23(34)30-22-10-7-16(2)12-21(22)28/h4-13H,14H2,1-3H3,(H,30,34). The third kappa shape index (κ3) is 4.50. The van der Waals surface area contributed by atoms with E-state index in [0.717, 1.165) is 16.7 Å². The van der Waals surface area contributed by atoms with E-state index in [9.17, 15) is 14.0 Å². The Balaban J connectivity index is 1.55. The molecule has 0 spiro atoms. The van der Waals surface area contributed by atoms with Crippen LogP contribution < -0.4 is 10.7 Å². The van der Waals surface area contributed by atoms with Crippen LogP contribution in [0.25, 0.3) is 33.9 Å². The minimum absolute atomic E-state index is 0.0257. The van der Waals surface area contributed by atoms with Crippen LogP contribution in [0.1, 0.15) is 16.8 Å². The molecule has 0 atom stereocenters. The second-order valence-electron chi connectivity index (χ2n) is 8.65. The monoisotopic (exact) mass is 483 g/mol. The number of fused-ring (bicyclic) bond motifs is 1. The highest BCUT2D eigenvalue weighted by Gasteiger charge is 2.19. The van der Waals surface area contributed by atoms with E-state index in [1.165, 1.54) is 22.9 Å². The van der Waals surface area contributed by atoms with E-state index < -0.39 is 11.7 Å². The fraction of sp³-hybridized carbons (Fsp3) is 0.148. The minimum atomic E-state index is -0.530. The first-order valence-electron chi connectivity index (χ1n) is 11.3. The molecule has 0 saturated heterocycles. The molecule has 3 heterocycles. The molecule has 36 heavy (non-hydrogen) atoms. The number of anilines is 1. The van der Waals surface area contributed by atoms with Gasteiger partial charge in [0.2, 0.25) is 17.2 Å². The van der Waals surface area contributed by atoms with Gasteiger partial charge in [-0.05, 0) is 56.7 Å². The molecule has 9 heteroatoms. The molecule has 2 aromatic carbocycles. The zero-order chi connectivity index (χ0) is 25.4. The predicted molar refractivity (Wildman–Crippen MR) is 134 cm³/mol. The summed E-state index contributed by atoms with van der Waals surface area (Å²) in [7, 11) is 0. The molecule has 0 saturated carbocycles. The van der Waals surface area contributed by atoms with E-state index in [-0.39, 0.29) is 29.1 Å². The van der Waals surface area contributed by atoms with E-state index in [1.807, 2.05) is 31.2 Å². The van der Waals surface area contributed by atoms with Gasteiger partial charge in [-0.2, -0.15) is 4.98 Å². The Morgan fingerprint density at radius 2 is 1.83 bits per heavy atom. The van der Waals surface area contributed by atoms with Crippen molar-refractivity contribution in [2.24, 2.45) is 0 Å². The lowest BCUT2D eigenvalue weighted by molar-refractivity contribution is -0.116. The number of carbonyl (C=O) groups excluding carboxylic acids is 1. The Morgan fingerprint density at radius 1 is 1.03 bits per heavy atom. The maximum atomic E-state index is 14.3.